The molecule has 0 radical (unpaired) electrons. The Morgan fingerprint density at radius 2 is 0.869 bits per heavy atom. The predicted octanol–water partition coefficient (Wildman–Crippen LogP) is 16.3. The molecule has 0 fully saturated rings. The zero-order valence-electron chi connectivity index (χ0n) is 33.2. The number of benzene rings is 10. The molecule has 10 aromatic carbocycles. The smallest absolute Gasteiger partial charge is 0.136 e. The standard InChI is InChI=1S/C58H38N2O/c1-2-13-39(14-3-1)41-17-12-18-42(35-41)40-25-28-46(29-26-40)59(47-30-32-48(33-31-47)60-55-23-10-7-20-50(55)51-21-8-11-24-56(51)60)54-22-9-6-19-49(54)45-27-34-57-52(37-45)53-36-43-15-4-5-16-44(43)38-58(53)61-57/h1-38H. The number of aromatic nitrogens is 1. The average molecular weight is 779 g/mol. The van der Waals surface area contributed by atoms with Gasteiger partial charge in [0.05, 0.1) is 16.7 Å². The van der Waals surface area contributed by atoms with Crippen LogP contribution >= 0.6 is 0 Å². The molecular formula is C58H38N2O. The lowest BCUT2D eigenvalue weighted by Gasteiger charge is -2.28. The number of fused-ring (bicyclic) bond motifs is 7. The first-order valence-electron chi connectivity index (χ1n) is 20.8. The fourth-order valence-electron chi connectivity index (χ4n) is 9.23. The lowest BCUT2D eigenvalue weighted by Crippen LogP contribution is -2.11. The van der Waals surface area contributed by atoms with Crippen molar-refractivity contribution in [2.75, 3.05) is 4.90 Å². The minimum atomic E-state index is 0.885. The van der Waals surface area contributed by atoms with Crippen molar-refractivity contribution in [2.24, 2.45) is 0 Å². The molecule has 12 aromatic rings. The molecule has 2 heterocycles. The van der Waals surface area contributed by atoms with E-state index in [4.69, 9.17) is 4.42 Å². The van der Waals surface area contributed by atoms with Gasteiger partial charge in [0, 0.05) is 44.2 Å². The van der Waals surface area contributed by atoms with Crippen LogP contribution in [-0.4, -0.2) is 4.57 Å². The van der Waals surface area contributed by atoms with Crippen molar-refractivity contribution < 1.29 is 4.42 Å². The van der Waals surface area contributed by atoms with Crippen LogP contribution in [0.15, 0.2) is 235 Å². The van der Waals surface area contributed by atoms with Crippen LogP contribution in [-0.2, 0) is 0 Å². The molecule has 0 amide bonds. The molecule has 2 aromatic heterocycles. The average Bonchev–Trinajstić information content (AvgIpc) is 3.86. The number of rotatable bonds is 7. The SMILES string of the molecule is c1ccc(-c2cccc(-c3ccc(N(c4ccc(-n5c6ccccc6c6ccccc65)cc4)c4ccccc4-c4ccc5oc6cc7ccccc7cc6c5c4)cc3)c2)cc1. The fourth-order valence-corrected chi connectivity index (χ4v) is 9.23. The van der Waals surface area contributed by atoms with Crippen LogP contribution in [0.1, 0.15) is 0 Å². The second kappa shape index (κ2) is 14.3. The molecule has 0 aliphatic rings. The van der Waals surface area contributed by atoms with E-state index in [1.54, 1.807) is 0 Å². The van der Waals surface area contributed by atoms with Crippen LogP contribution in [0.3, 0.4) is 0 Å². The lowest BCUT2D eigenvalue weighted by molar-refractivity contribution is 0.669. The van der Waals surface area contributed by atoms with Crippen molar-refractivity contribution >= 4 is 71.6 Å². The monoisotopic (exact) mass is 778 g/mol. The maximum absolute atomic E-state index is 6.43. The first-order chi connectivity index (χ1) is 30.2. The highest BCUT2D eigenvalue weighted by molar-refractivity contribution is 6.12. The van der Waals surface area contributed by atoms with Crippen LogP contribution < -0.4 is 4.90 Å². The normalized spacial score (nSPS) is 11.6. The molecule has 0 bridgehead atoms. The van der Waals surface area contributed by atoms with Gasteiger partial charge in [-0.05, 0) is 124 Å². The summed E-state index contributed by atoms with van der Waals surface area (Å²) >= 11 is 0. The molecular weight excluding hydrogens is 741 g/mol. The Morgan fingerprint density at radius 3 is 1.59 bits per heavy atom. The molecule has 0 atom stereocenters. The molecule has 3 nitrogen and oxygen atoms in total. The van der Waals surface area contributed by atoms with Gasteiger partial charge in [-0.25, -0.2) is 0 Å². The van der Waals surface area contributed by atoms with Gasteiger partial charge in [-0.15, -0.1) is 0 Å². The molecule has 0 aliphatic heterocycles. The van der Waals surface area contributed by atoms with E-state index in [2.05, 4.69) is 240 Å². The predicted molar refractivity (Wildman–Crippen MR) is 257 cm³/mol. The zero-order chi connectivity index (χ0) is 40.3. The van der Waals surface area contributed by atoms with E-state index in [9.17, 15) is 0 Å². The van der Waals surface area contributed by atoms with Gasteiger partial charge in [0.2, 0.25) is 0 Å². The van der Waals surface area contributed by atoms with Crippen molar-refractivity contribution in [3.05, 3.63) is 231 Å². The van der Waals surface area contributed by atoms with Crippen molar-refractivity contribution in [1.29, 1.82) is 0 Å². The molecule has 0 saturated carbocycles. The van der Waals surface area contributed by atoms with Gasteiger partial charge in [-0.3, -0.25) is 0 Å². The summed E-state index contributed by atoms with van der Waals surface area (Å²) in [5.41, 5.74) is 15.5. The van der Waals surface area contributed by atoms with Gasteiger partial charge in [-0.1, -0.05) is 146 Å². The summed E-state index contributed by atoms with van der Waals surface area (Å²) in [4.78, 5) is 2.39. The molecule has 0 aliphatic carbocycles. The first kappa shape index (κ1) is 34.9. The van der Waals surface area contributed by atoms with Crippen LogP contribution in [0, 0.1) is 0 Å². The summed E-state index contributed by atoms with van der Waals surface area (Å²) in [7, 11) is 0. The highest BCUT2D eigenvalue weighted by Crippen LogP contribution is 2.44. The highest BCUT2D eigenvalue weighted by atomic mass is 16.3. The Kier molecular flexibility index (Phi) is 8.17. The minimum absolute atomic E-state index is 0.885. The Morgan fingerprint density at radius 1 is 0.328 bits per heavy atom. The minimum Gasteiger partial charge on any atom is -0.456 e. The van der Waals surface area contributed by atoms with Gasteiger partial charge in [0.1, 0.15) is 11.2 Å². The zero-order valence-corrected chi connectivity index (χ0v) is 33.2. The van der Waals surface area contributed by atoms with E-state index in [0.29, 0.717) is 0 Å². The van der Waals surface area contributed by atoms with Gasteiger partial charge in [0.25, 0.3) is 0 Å². The molecule has 0 unspecified atom stereocenters. The van der Waals surface area contributed by atoms with Crippen LogP contribution in [0.2, 0.25) is 0 Å². The van der Waals surface area contributed by atoms with E-state index in [1.165, 1.54) is 54.8 Å². The largest absolute Gasteiger partial charge is 0.456 e. The first-order valence-corrected chi connectivity index (χ1v) is 20.8. The summed E-state index contributed by atoms with van der Waals surface area (Å²) < 4.78 is 8.80. The number of nitrogens with zero attached hydrogens (tertiary/aromatic N) is 2. The van der Waals surface area contributed by atoms with E-state index in [0.717, 1.165) is 55.8 Å². The summed E-state index contributed by atoms with van der Waals surface area (Å²) in [6.45, 7) is 0. The summed E-state index contributed by atoms with van der Waals surface area (Å²) in [6, 6.07) is 83.0. The third-order valence-corrected chi connectivity index (χ3v) is 12.2. The van der Waals surface area contributed by atoms with Crippen LogP contribution in [0.25, 0.3) is 93.6 Å². The fraction of sp³-hybridized carbons (Fsp3) is 0. The molecule has 0 saturated heterocycles. The van der Waals surface area contributed by atoms with Gasteiger partial charge >= 0.3 is 0 Å². The number of furan rings is 1. The van der Waals surface area contributed by atoms with Crippen molar-refractivity contribution in [3.8, 4) is 39.1 Å². The van der Waals surface area contributed by atoms with Gasteiger partial charge < -0.3 is 13.9 Å². The van der Waals surface area contributed by atoms with E-state index >= 15 is 0 Å². The highest BCUT2D eigenvalue weighted by Gasteiger charge is 2.20. The molecule has 12 rings (SSSR count). The van der Waals surface area contributed by atoms with E-state index in [-0.39, 0.29) is 0 Å². The third kappa shape index (κ3) is 5.98. The van der Waals surface area contributed by atoms with Crippen molar-refractivity contribution in [2.45, 2.75) is 0 Å². The summed E-state index contributed by atoms with van der Waals surface area (Å²) in [6.07, 6.45) is 0. The molecule has 61 heavy (non-hydrogen) atoms. The number of anilines is 3. The Balaban J connectivity index is 0.998. The van der Waals surface area contributed by atoms with Crippen molar-refractivity contribution in [3.63, 3.8) is 0 Å². The van der Waals surface area contributed by atoms with Crippen LogP contribution in [0.5, 0.6) is 0 Å². The molecule has 0 N–H and O–H groups in total. The quantitative estimate of drug-likeness (QED) is 0.161. The summed E-state index contributed by atoms with van der Waals surface area (Å²) in [5.74, 6) is 0. The Hall–Kier alpha value is -8.14. The number of para-hydroxylation sites is 3. The van der Waals surface area contributed by atoms with Crippen LogP contribution in [0.4, 0.5) is 17.1 Å². The molecule has 3 heteroatoms. The second-order valence-corrected chi connectivity index (χ2v) is 15.7. The van der Waals surface area contributed by atoms with Crippen molar-refractivity contribution in [1.82, 2.24) is 4.57 Å². The van der Waals surface area contributed by atoms with Gasteiger partial charge in [0.15, 0.2) is 0 Å². The summed E-state index contributed by atoms with van der Waals surface area (Å²) in [5, 5.41) is 7.11. The van der Waals surface area contributed by atoms with Gasteiger partial charge in [-0.2, -0.15) is 0 Å². The molecule has 286 valence electrons. The Bertz CT molecular complexity index is 3520. The third-order valence-electron chi connectivity index (χ3n) is 12.2. The maximum atomic E-state index is 6.43. The number of hydrogen-bond donors (Lipinski definition) is 0. The topological polar surface area (TPSA) is 21.3 Å². The van der Waals surface area contributed by atoms with E-state index in [1.807, 2.05) is 0 Å². The number of hydrogen-bond acceptors (Lipinski definition) is 2. The lowest BCUT2D eigenvalue weighted by atomic mass is 9.98. The Labute approximate surface area is 353 Å². The van der Waals surface area contributed by atoms with E-state index < -0.39 is 0 Å². The second-order valence-electron chi connectivity index (χ2n) is 15.7. The maximum Gasteiger partial charge on any atom is 0.136 e. The molecule has 0 spiro atoms.